The van der Waals surface area contributed by atoms with E-state index in [1.807, 2.05) is 14.7 Å². The SMILES string of the molecule is CCCCCCCCCCCCc1ccccc1.O=C1C=C(N2CC2)C(=O)C(N2CC2)=C1N1CC1. The Hall–Kier alpha value is -2.56. The molecule has 0 aromatic heterocycles. The zero-order valence-electron chi connectivity index (χ0n) is 21.6. The van der Waals surface area contributed by atoms with E-state index < -0.39 is 0 Å². The summed E-state index contributed by atoms with van der Waals surface area (Å²) in [6.45, 7) is 7.69. The largest absolute Gasteiger partial charge is 0.365 e. The van der Waals surface area contributed by atoms with Crippen LogP contribution in [-0.4, -0.2) is 65.5 Å². The highest BCUT2D eigenvalue weighted by Gasteiger charge is 2.43. The smallest absolute Gasteiger partial charge is 0.227 e. The highest BCUT2D eigenvalue weighted by Crippen LogP contribution is 2.33. The van der Waals surface area contributed by atoms with E-state index >= 15 is 0 Å². The van der Waals surface area contributed by atoms with Crippen molar-refractivity contribution in [3.05, 3.63) is 59.1 Å². The highest BCUT2D eigenvalue weighted by atomic mass is 16.1. The highest BCUT2D eigenvalue weighted by molar-refractivity contribution is 6.22. The van der Waals surface area contributed by atoms with Gasteiger partial charge in [-0.2, -0.15) is 0 Å². The number of hydrogen-bond donors (Lipinski definition) is 0. The number of hydrogen-bond acceptors (Lipinski definition) is 5. The van der Waals surface area contributed by atoms with Gasteiger partial charge < -0.3 is 14.7 Å². The van der Waals surface area contributed by atoms with Crippen molar-refractivity contribution < 1.29 is 9.59 Å². The molecule has 5 nitrogen and oxygen atoms in total. The quantitative estimate of drug-likeness (QED) is 0.206. The number of carbonyl (C=O) groups is 2. The normalized spacial score (nSPS) is 18.4. The van der Waals surface area contributed by atoms with E-state index in [2.05, 4.69) is 37.3 Å². The molecular weight excluding hydrogens is 434 g/mol. The Morgan fingerprint density at radius 3 is 1.69 bits per heavy atom. The molecule has 3 fully saturated rings. The van der Waals surface area contributed by atoms with Gasteiger partial charge in [0.15, 0.2) is 0 Å². The van der Waals surface area contributed by atoms with E-state index in [9.17, 15) is 9.59 Å². The maximum Gasteiger partial charge on any atom is 0.227 e. The Labute approximate surface area is 211 Å². The first-order valence-electron chi connectivity index (χ1n) is 14.0. The predicted molar refractivity (Wildman–Crippen MR) is 142 cm³/mol. The molecule has 3 heterocycles. The molecule has 3 aliphatic heterocycles. The first-order chi connectivity index (χ1) is 17.2. The molecule has 0 amide bonds. The summed E-state index contributed by atoms with van der Waals surface area (Å²) >= 11 is 0. The van der Waals surface area contributed by atoms with Crippen LogP contribution in [0.2, 0.25) is 0 Å². The van der Waals surface area contributed by atoms with Crippen molar-refractivity contribution in [2.75, 3.05) is 39.3 Å². The van der Waals surface area contributed by atoms with Crippen LogP contribution in [-0.2, 0) is 16.0 Å². The van der Waals surface area contributed by atoms with Crippen LogP contribution in [0.3, 0.4) is 0 Å². The number of benzene rings is 1. The Balaban J connectivity index is 0.000000165. The van der Waals surface area contributed by atoms with Crippen molar-refractivity contribution in [3.63, 3.8) is 0 Å². The molecule has 0 spiro atoms. The van der Waals surface area contributed by atoms with Gasteiger partial charge in [0.1, 0.15) is 11.4 Å². The van der Waals surface area contributed by atoms with E-state index in [1.54, 1.807) is 0 Å². The molecule has 5 rings (SSSR count). The molecule has 0 atom stereocenters. The average molecular weight is 478 g/mol. The van der Waals surface area contributed by atoms with Gasteiger partial charge in [0, 0.05) is 45.3 Å². The number of unbranched alkanes of at least 4 members (excludes halogenated alkanes) is 9. The molecular formula is C30H43N3O2. The monoisotopic (exact) mass is 477 g/mol. The van der Waals surface area contributed by atoms with E-state index in [1.165, 1.54) is 82.3 Å². The van der Waals surface area contributed by atoms with Gasteiger partial charge in [-0.3, -0.25) is 9.59 Å². The zero-order valence-corrected chi connectivity index (χ0v) is 21.6. The number of rotatable bonds is 14. The lowest BCUT2D eigenvalue weighted by Crippen LogP contribution is -2.29. The van der Waals surface area contributed by atoms with Crippen molar-refractivity contribution >= 4 is 11.6 Å². The second kappa shape index (κ2) is 12.9. The van der Waals surface area contributed by atoms with Crippen molar-refractivity contribution in [3.8, 4) is 0 Å². The van der Waals surface area contributed by atoms with E-state index in [4.69, 9.17) is 0 Å². The lowest BCUT2D eigenvalue weighted by molar-refractivity contribution is -0.117. The van der Waals surface area contributed by atoms with Gasteiger partial charge in [0.05, 0.1) is 5.70 Å². The zero-order chi connectivity index (χ0) is 24.5. The molecule has 3 saturated heterocycles. The van der Waals surface area contributed by atoms with Crippen LogP contribution in [0, 0.1) is 0 Å². The summed E-state index contributed by atoms with van der Waals surface area (Å²) in [7, 11) is 0. The molecule has 5 heteroatoms. The van der Waals surface area contributed by atoms with Crippen LogP contribution in [0.1, 0.15) is 76.7 Å². The summed E-state index contributed by atoms with van der Waals surface area (Å²) in [6, 6.07) is 10.9. The summed E-state index contributed by atoms with van der Waals surface area (Å²) in [5, 5.41) is 0. The molecule has 35 heavy (non-hydrogen) atoms. The second-order valence-electron chi connectivity index (χ2n) is 10.3. The maximum atomic E-state index is 12.4. The Morgan fingerprint density at radius 2 is 1.14 bits per heavy atom. The second-order valence-corrected chi connectivity index (χ2v) is 10.3. The van der Waals surface area contributed by atoms with Gasteiger partial charge >= 0.3 is 0 Å². The third kappa shape index (κ3) is 7.98. The number of Topliss-reactive ketones (excluding diaryl/α,β-unsaturated/α-hetero) is 1. The third-order valence-electron chi connectivity index (χ3n) is 7.15. The van der Waals surface area contributed by atoms with Crippen molar-refractivity contribution in [2.24, 2.45) is 0 Å². The van der Waals surface area contributed by atoms with Crippen LogP contribution in [0.25, 0.3) is 0 Å². The summed E-state index contributed by atoms with van der Waals surface area (Å²) in [5.41, 5.74) is 3.38. The minimum atomic E-state index is 0.00546. The molecule has 1 aromatic carbocycles. The number of allylic oxidation sites excluding steroid dienone is 1. The number of aryl methyl sites for hydroxylation is 1. The van der Waals surface area contributed by atoms with Gasteiger partial charge in [-0.25, -0.2) is 0 Å². The van der Waals surface area contributed by atoms with E-state index in [-0.39, 0.29) is 11.6 Å². The van der Waals surface area contributed by atoms with Crippen molar-refractivity contribution in [2.45, 2.75) is 77.6 Å². The molecule has 0 bridgehead atoms. The molecule has 0 saturated carbocycles. The van der Waals surface area contributed by atoms with E-state index in [0.29, 0.717) is 17.1 Å². The standard InChI is InChI=1S/C18H30.C12H13N3O2/c1-2-3-4-5-6-7-8-9-10-12-15-18-16-13-11-14-17-18;16-9-7-8(13-1-2-13)12(17)11(15-5-6-15)10(9)14-3-4-14/h11,13-14,16-17H,2-10,12,15H2,1H3;7H,1-6H2. The first-order valence-corrected chi connectivity index (χ1v) is 14.0. The summed E-state index contributed by atoms with van der Waals surface area (Å²) in [5.74, 6) is 0.0485. The fourth-order valence-electron chi connectivity index (χ4n) is 4.74. The van der Waals surface area contributed by atoms with Crippen LogP contribution >= 0.6 is 0 Å². The molecule has 4 aliphatic rings. The van der Waals surface area contributed by atoms with Gasteiger partial charge in [-0.15, -0.1) is 0 Å². The van der Waals surface area contributed by atoms with Crippen molar-refractivity contribution in [1.29, 1.82) is 0 Å². The van der Waals surface area contributed by atoms with Gasteiger partial charge in [-0.05, 0) is 18.4 Å². The maximum absolute atomic E-state index is 12.4. The molecule has 190 valence electrons. The number of ketones is 2. The number of carbonyl (C=O) groups excluding carboxylic acids is 2. The fourth-order valence-corrected chi connectivity index (χ4v) is 4.74. The van der Waals surface area contributed by atoms with Gasteiger partial charge in [0.2, 0.25) is 11.6 Å². The van der Waals surface area contributed by atoms with Crippen LogP contribution < -0.4 is 0 Å². The Morgan fingerprint density at radius 1 is 0.629 bits per heavy atom. The summed E-state index contributed by atoms with van der Waals surface area (Å²) in [6.07, 6.45) is 17.0. The Kier molecular flexibility index (Phi) is 9.44. The summed E-state index contributed by atoms with van der Waals surface area (Å²) in [4.78, 5) is 30.5. The van der Waals surface area contributed by atoms with Crippen LogP contribution in [0.15, 0.2) is 53.5 Å². The van der Waals surface area contributed by atoms with Gasteiger partial charge in [0.25, 0.3) is 0 Å². The minimum absolute atomic E-state index is 0.00546. The topological polar surface area (TPSA) is 43.2 Å². The third-order valence-corrected chi connectivity index (χ3v) is 7.15. The van der Waals surface area contributed by atoms with E-state index in [0.717, 1.165) is 39.3 Å². The lowest BCUT2D eigenvalue weighted by atomic mass is 10.0. The molecule has 1 aliphatic carbocycles. The summed E-state index contributed by atoms with van der Waals surface area (Å²) < 4.78 is 0. The minimum Gasteiger partial charge on any atom is -0.365 e. The van der Waals surface area contributed by atoms with Gasteiger partial charge in [-0.1, -0.05) is 95.0 Å². The molecule has 0 radical (unpaired) electrons. The number of nitrogens with zero attached hydrogens (tertiary/aromatic N) is 3. The molecule has 0 unspecified atom stereocenters. The first kappa shape index (κ1) is 25.5. The average Bonchev–Trinajstić information content (AvgIpc) is 3.72. The lowest BCUT2D eigenvalue weighted by Gasteiger charge is -2.21. The van der Waals surface area contributed by atoms with Crippen molar-refractivity contribution in [1.82, 2.24) is 14.7 Å². The molecule has 1 aromatic rings. The predicted octanol–water partition coefficient (Wildman–Crippen LogP) is 5.33. The molecule has 0 N–H and O–H groups in total. The van der Waals surface area contributed by atoms with Crippen LogP contribution in [0.5, 0.6) is 0 Å². The van der Waals surface area contributed by atoms with Crippen LogP contribution in [0.4, 0.5) is 0 Å². The fraction of sp³-hybridized carbons (Fsp3) is 0.600. The Bertz CT molecular complexity index is 909.